The zero-order chi connectivity index (χ0) is 13.0. The molecule has 0 radical (unpaired) electrons. The van der Waals surface area contributed by atoms with Gasteiger partial charge in [-0.05, 0) is 38.4 Å². The fourth-order valence-corrected chi connectivity index (χ4v) is 2.82. The third-order valence-corrected chi connectivity index (χ3v) is 3.82. The Morgan fingerprint density at radius 2 is 2.17 bits per heavy atom. The Hall–Kier alpha value is -1.20. The second kappa shape index (κ2) is 6.11. The highest BCUT2D eigenvalue weighted by molar-refractivity contribution is 7.12. The standard InChI is InChI=1S/C13H20N4S/c1-4-11-10(6-7-14-3)12(5-2)17(16-11)13-15-8-9-18-13/h8-9,14H,4-7H2,1-3H3. The van der Waals surface area contributed by atoms with E-state index >= 15 is 0 Å². The van der Waals surface area contributed by atoms with Crippen LogP contribution in [0.3, 0.4) is 0 Å². The molecule has 0 saturated carbocycles. The molecule has 2 heterocycles. The fraction of sp³-hybridized carbons (Fsp3) is 0.538. The van der Waals surface area contributed by atoms with Crippen LogP contribution >= 0.6 is 11.3 Å². The van der Waals surface area contributed by atoms with Crippen molar-refractivity contribution in [2.24, 2.45) is 0 Å². The van der Waals surface area contributed by atoms with Crippen LogP contribution in [0.4, 0.5) is 0 Å². The second-order valence-electron chi connectivity index (χ2n) is 4.16. The minimum absolute atomic E-state index is 0.970. The summed E-state index contributed by atoms with van der Waals surface area (Å²) in [5.41, 5.74) is 3.90. The smallest absolute Gasteiger partial charge is 0.210 e. The zero-order valence-electron chi connectivity index (χ0n) is 11.2. The zero-order valence-corrected chi connectivity index (χ0v) is 12.0. The molecule has 0 atom stereocenters. The van der Waals surface area contributed by atoms with Gasteiger partial charge < -0.3 is 5.32 Å². The van der Waals surface area contributed by atoms with E-state index in [-0.39, 0.29) is 0 Å². The predicted octanol–water partition coefficient (Wildman–Crippen LogP) is 2.22. The molecule has 0 amide bonds. The average Bonchev–Trinajstić information content (AvgIpc) is 3.02. The van der Waals surface area contributed by atoms with Crippen molar-refractivity contribution in [3.05, 3.63) is 28.5 Å². The summed E-state index contributed by atoms with van der Waals surface area (Å²) >= 11 is 1.64. The molecule has 0 spiro atoms. The molecule has 4 nitrogen and oxygen atoms in total. The number of nitrogens with one attached hydrogen (secondary N) is 1. The van der Waals surface area contributed by atoms with Crippen LogP contribution in [0.2, 0.25) is 0 Å². The number of likely N-dealkylation sites (N-methyl/N-ethyl adjacent to an activating group) is 1. The molecule has 18 heavy (non-hydrogen) atoms. The summed E-state index contributed by atoms with van der Waals surface area (Å²) in [4.78, 5) is 4.37. The van der Waals surface area contributed by atoms with Gasteiger partial charge in [0.2, 0.25) is 5.13 Å². The Labute approximate surface area is 112 Å². The normalized spacial score (nSPS) is 11.1. The number of rotatable bonds is 6. The van der Waals surface area contributed by atoms with Gasteiger partial charge in [-0.1, -0.05) is 13.8 Å². The van der Waals surface area contributed by atoms with Crippen molar-refractivity contribution >= 4 is 11.3 Å². The monoisotopic (exact) mass is 264 g/mol. The third kappa shape index (κ3) is 2.47. The molecule has 0 saturated heterocycles. The highest BCUT2D eigenvalue weighted by atomic mass is 32.1. The predicted molar refractivity (Wildman–Crippen MR) is 75.6 cm³/mol. The topological polar surface area (TPSA) is 42.7 Å². The van der Waals surface area contributed by atoms with Gasteiger partial charge in [-0.25, -0.2) is 9.67 Å². The van der Waals surface area contributed by atoms with Crippen LogP contribution in [0.1, 0.15) is 30.8 Å². The van der Waals surface area contributed by atoms with E-state index < -0.39 is 0 Å². The van der Waals surface area contributed by atoms with Gasteiger partial charge in [-0.15, -0.1) is 11.3 Å². The van der Waals surface area contributed by atoms with Crippen LogP contribution in [0.5, 0.6) is 0 Å². The van der Waals surface area contributed by atoms with E-state index in [1.807, 2.05) is 23.3 Å². The number of thiazole rings is 1. The summed E-state index contributed by atoms with van der Waals surface area (Å²) in [5.74, 6) is 0. The summed E-state index contributed by atoms with van der Waals surface area (Å²) in [5, 5.41) is 10.9. The SMILES string of the molecule is CCc1nn(-c2nccs2)c(CC)c1CCNC. The summed E-state index contributed by atoms with van der Waals surface area (Å²) in [6, 6.07) is 0. The van der Waals surface area contributed by atoms with E-state index in [0.29, 0.717) is 0 Å². The van der Waals surface area contributed by atoms with Crippen molar-refractivity contribution in [3.8, 4) is 5.13 Å². The first-order valence-electron chi connectivity index (χ1n) is 6.45. The summed E-state index contributed by atoms with van der Waals surface area (Å²) in [6.45, 7) is 5.34. The van der Waals surface area contributed by atoms with E-state index in [0.717, 1.165) is 30.9 Å². The minimum Gasteiger partial charge on any atom is -0.319 e. The quantitative estimate of drug-likeness (QED) is 0.870. The van der Waals surface area contributed by atoms with Crippen LogP contribution in [0.25, 0.3) is 5.13 Å². The third-order valence-electron chi connectivity index (χ3n) is 3.07. The van der Waals surface area contributed by atoms with Crippen LogP contribution < -0.4 is 5.32 Å². The van der Waals surface area contributed by atoms with Gasteiger partial charge in [0.1, 0.15) is 0 Å². The van der Waals surface area contributed by atoms with Crippen LogP contribution in [0, 0.1) is 0 Å². The van der Waals surface area contributed by atoms with Gasteiger partial charge in [-0.2, -0.15) is 5.10 Å². The molecule has 0 aliphatic carbocycles. The van der Waals surface area contributed by atoms with Crippen molar-refractivity contribution in [1.29, 1.82) is 0 Å². The molecular weight excluding hydrogens is 244 g/mol. The van der Waals surface area contributed by atoms with Crippen LogP contribution in [-0.4, -0.2) is 28.4 Å². The van der Waals surface area contributed by atoms with Crippen molar-refractivity contribution in [3.63, 3.8) is 0 Å². The van der Waals surface area contributed by atoms with E-state index in [4.69, 9.17) is 5.10 Å². The Morgan fingerprint density at radius 1 is 1.33 bits per heavy atom. The van der Waals surface area contributed by atoms with Crippen LogP contribution in [0.15, 0.2) is 11.6 Å². The second-order valence-corrected chi connectivity index (χ2v) is 5.03. The highest BCUT2D eigenvalue weighted by Crippen LogP contribution is 2.21. The molecule has 0 aliphatic rings. The van der Waals surface area contributed by atoms with E-state index in [9.17, 15) is 0 Å². The van der Waals surface area contributed by atoms with Gasteiger partial charge in [0, 0.05) is 11.6 Å². The minimum atomic E-state index is 0.970. The largest absolute Gasteiger partial charge is 0.319 e. The summed E-state index contributed by atoms with van der Waals surface area (Å²) < 4.78 is 2.02. The number of hydrogen-bond acceptors (Lipinski definition) is 4. The molecule has 2 rings (SSSR count). The molecule has 0 bridgehead atoms. The van der Waals surface area contributed by atoms with Gasteiger partial charge in [0.05, 0.1) is 11.4 Å². The van der Waals surface area contributed by atoms with Crippen molar-refractivity contribution in [2.45, 2.75) is 33.1 Å². The van der Waals surface area contributed by atoms with Gasteiger partial charge in [0.25, 0.3) is 0 Å². The molecule has 1 N–H and O–H groups in total. The Morgan fingerprint density at radius 3 is 2.72 bits per heavy atom. The van der Waals surface area contributed by atoms with Crippen molar-refractivity contribution in [1.82, 2.24) is 20.1 Å². The van der Waals surface area contributed by atoms with Crippen molar-refractivity contribution < 1.29 is 0 Å². The molecule has 2 aromatic rings. The molecular formula is C13H20N4S. The number of aryl methyl sites for hydroxylation is 1. The van der Waals surface area contributed by atoms with Gasteiger partial charge >= 0.3 is 0 Å². The molecule has 2 aromatic heterocycles. The first kappa shape index (κ1) is 13.2. The van der Waals surface area contributed by atoms with E-state index in [1.54, 1.807) is 11.3 Å². The number of nitrogens with zero attached hydrogens (tertiary/aromatic N) is 3. The van der Waals surface area contributed by atoms with Crippen molar-refractivity contribution in [2.75, 3.05) is 13.6 Å². The average molecular weight is 264 g/mol. The lowest BCUT2D eigenvalue weighted by Gasteiger charge is -2.05. The Kier molecular flexibility index (Phi) is 4.49. The van der Waals surface area contributed by atoms with Gasteiger partial charge in [0.15, 0.2) is 0 Å². The first-order chi connectivity index (χ1) is 8.81. The molecule has 0 fully saturated rings. The molecule has 0 aliphatic heterocycles. The summed E-state index contributed by atoms with van der Waals surface area (Å²) in [7, 11) is 1.99. The maximum absolute atomic E-state index is 4.73. The number of hydrogen-bond donors (Lipinski definition) is 1. The molecule has 98 valence electrons. The van der Waals surface area contributed by atoms with E-state index in [2.05, 4.69) is 24.1 Å². The lowest BCUT2D eigenvalue weighted by molar-refractivity contribution is 0.770. The Bertz CT molecular complexity index is 487. The lowest BCUT2D eigenvalue weighted by Crippen LogP contribution is -2.12. The Balaban J connectivity index is 2.44. The molecule has 5 heteroatoms. The maximum Gasteiger partial charge on any atom is 0.210 e. The number of aromatic nitrogens is 3. The highest BCUT2D eigenvalue weighted by Gasteiger charge is 2.17. The lowest BCUT2D eigenvalue weighted by atomic mass is 10.1. The van der Waals surface area contributed by atoms with E-state index in [1.165, 1.54) is 17.0 Å². The summed E-state index contributed by atoms with van der Waals surface area (Å²) in [6.07, 6.45) is 4.84. The van der Waals surface area contributed by atoms with Gasteiger partial charge in [-0.3, -0.25) is 0 Å². The molecule has 0 unspecified atom stereocenters. The molecule has 0 aromatic carbocycles. The first-order valence-corrected chi connectivity index (χ1v) is 7.33. The van der Waals surface area contributed by atoms with Crippen LogP contribution in [-0.2, 0) is 19.3 Å². The fourth-order valence-electron chi connectivity index (χ4n) is 2.20. The maximum atomic E-state index is 4.73.